The van der Waals surface area contributed by atoms with Crippen LogP contribution in [0.1, 0.15) is 36.8 Å². The Morgan fingerprint density at radius 3 is 1.41 bits per heavy atom. The van der Waals surface area contributed by atoms with Gasteiger partial charge < -0.3 is 29.6 Å². The van der Waals surface area contributed by atoms with Crippen LogP contribution in [0.5, 0.6) is 11.5 Å². The van der Waals surface area contributed by atoms with Crippen molar-refractivity contribution in [3.05, 3.63) is 121 Å². The summed E-state index contributed by atoms with van der Waals surface area (Å²) in [5, 5.41) is 21.3. The number of hydrogen-bond acceptors (Lipinski definition) is 12. The van der Waals surface area contributed by atoms with Crippen molar-refractivity contribution in [1.82, 2.24) is 0 Å². The molecule has 0 saturated heterocycles. The van der Waals surface area contributed by atoms with E-state index in [2.05, 4.69) is 44.2 Å². The Hall–Kier alpha value is -7.17. The minimum absolute atomic E-state index is 0.0286. The zero-order valence-electron chi connectivity index (χ0n) is 32.0. The third-order valence-corrected chi connectivity index (χ3v) is 7.86. The van der Waals surface area contributed by atoms with E-state index >= 15 is 0 Å². The third-order valence-electron chi connectivity index (χ3n) is 7.86. The van der Waals surface area contributed by atoms with Crippen LogP contribution in [-0.2, 0) is 34.8 Å². The molecule has 308 valence electrons. The fourth-order valence-electron chi connectivity index (χ4n) is 4.85. The van der Waals surface area contributed by atoms with E-state index in [1.807, 2.05) is 13.0 Å². The molecule has 2 amide bonds. The van der Waals surface area contributed by atoms with Gasteiger partial charge in [-0.25, -0.2) is 9.59 Å². The summed E-state index contributed by atoms with van der Waals surface area (Å²) < 4.78 is 62.2. The molecule has 0 heterocycles. The SMILES string of the molecule is C=CC(=O)OCCCCOc1ccc(N=Nc2ccc(NC(=O)C(=O)Nc3ccc(N=Nc4ccc(OCCCCOC(=O)C=C)c(C(F)(F)F)c4)cc3)cc2)cc1C. The Kier molecular flexibility index (Phi) is 17.0. The van der Waals surface area contributed by atoms with E-state index in [0.29, 0.717) is 61.7 Å². The number of amides is 2. The normalized spacial score (nSPS) is 11.2. The van der Waals surface area contributed by atoms with E-state index < -0.39 is 35.5 Å². The minimum atomic E-state index is -4.72. The van der Waals surface area contributed by atoms with Crippen LogP contribution < -0.4 is 20.1 Å². The van der Waals surface area contributed by atoms with Gasteiger partial charge in [0.2, 0.25) is 0 Å². The molecule has 2 N–H and O–H groups in total. The number of hydrogen-bond donors (Lipinski definition) is 2. The average molecular weight is 815 g/mol. The number of carbonyl (C=O) groups excluding carboxylic acids is 4. The number of alkyl halides is 3. The Balaban J connectivity index is 1.22. The van der Waals surface area contributed by atoms with E-state index in [0.717, 1.165) is 29.8 Å². The van der Waals surface area contributed by atoms with Gasteiger partial charge in [0.15, 0.2) is 0 Å². The van der Waals surface area contributed by atoms with Crippen LogP contribution in [0.3, 0.4) is 0 Å². The molecule has 0 bridgehead atoms. The fraction of sp³-hybridized carbons (Fsp3) is 0.238. The molecule has 4 aromatic carbocycles. The Morgan fingerprint density at radius 1 is 0.576 bits per heavy atom. The number of aryl methyl sites for hydroxylation is 1. The van der Waals surface area contributed by atoms with E-state index in [-0.39, 0.29) is 36.0 Å². The van der Waals surface area contributed by atoms with Crippen LogP contribution in [0.25, 0.3) is 0 Å². The van der Waals surface area contributed by atoms with Crippen LogP contribution in [0.2, 0.25) is 0 Å². The molecule has 4 rings (SSSR count). The summed E-state index contributed by atoms with van der Waals surface area (Å²) in [5.41, 5.74) is 1.74. The number of nitrogens with zero attached hydrogens (tertiary/aromatic N) is 4. The van der Waals surface area contributed by atoms with Gasteiger partial charge in [0.25, 0.3) is 0 Å². The molecule has 0 saturated carbocycles. The highest BCUT2D eigenvalue weighted by atomic mass is 19.4. The summed E-state index contributed by atoms with van der Waals surface area (Å²) in [5.74, 6) is -2.59. The number of esters is 2. The second kappa shape index (κ2) is 22.5. The molecule has 0 radical (unpaired) electrons. The largest absolute Gasteiger partial charge is 0.493 e. The Labute approximate surface area is 337 Å². The third kappa shape index (κ3) is 15.4. The van der Waals surface area contributed by atoms with E-state index in [1.165, 1.54) is 30.3 Å². The zero-order valence-corrected chi connectivity index (χ0v) is 32.0. The molecule has 17 heteroatoms. The number of anilines is 2. The van der Waals surface area contributed by atoms with E-state index in [4.69, 9.17) is 18.9 Å². The highest BCUT2D eigenvalue weighted by Gasteiger charge is 2.35. The van der Waals surface area contributed by atoms with Gasteiger partial charge in [0.05, 0.1) is 54.7 Å². The number of carbonyl (C=O) groups is 4. The minimum Gasteiger partial charge on any atom is -0.493 e. The molecule has 0 spiro atoms. The number of benzene rings is 4. The monoisotopic (exact) mass is 814 g/mol. The number of rotatable bonds is 20. The number of unbranched alkanes of at least 4 members (excludes halogenated alkanes) is 2. The molecule has 0 aromatic heterocycles. The van der Waals surface area contributed by atoms with Crippen molar-refractivity contribution >= 4 is 57.9 Å². The van der Waals surface area contributed by atoms with Gasteiger partial charge in [-0.15, -0.1) is 0 Å². The standard InChI is InChI=1S/C42H41F3N6O8/c1-4-38(52)58-24-8-6-22-56-36-20-18-33(26-28(36)3)50-48-31-14-10-29(11-15-31)46-40(54)41(55)47-30-12-16-32(17-13-30)49-51-34-19-21-37(35(27-34)42(43,44)45)57-23-7-9-25-59-39(53)5-2/h4-5,10-21,26-27H,1-2,6-9,22-25H2,3H3,(H,46,54)(H,47,55). The maximum Gasteiger partial charge on any atom is 0.420 e. The van der Waals surface area contributed by atoms with Gasteiger partial charge >= 0.3 is 29.9 Å². The summed E-state index contributed by atoms with van der Waals surface area (Å²) in [6.45, 7) is 9.33. The predicted octanol–water partition coefficient (Wildman–Crippen LogP) is 10.2. The van der Waals surface area contributed by atoms with Crippen LogP contribution in [0.4, 0.5) is 47.3 Å². The van der Waals surface area contributed by atoms with Crippen molar-refractivity contribution in [2.45, 2.75) is 38.8 Å². The molecule has 0 fully saturated rings. The lowest BCUT2D eigenvalue weighted by molar-refractivity contribution is -0.139. The van der Waals surface area contributed by atoms with Crippen LogP contribution >= 0.6 is 0 Å². The topological polar surface area (TPSA) is 179 Å². The lowest BCUT2D eigenvalue weighted by Gasteiger charge is -2.14. The van der Waals surface area contributed by atoms with Gasteiger partial charge in [-0.2, -0.15) is 33.6 Å². The van der Waals surface area contributed by atoms with Gasteiger partial charge in [0.1, 0.15) is 11.5 Å². The lowest BCUT2D eigenvalue weighted by atomic mass is 10.1. The maximum atomic E-state index is 13.8. The second-order valence-corrected chi connectivity index (χ2v) is 12.4. The average Bonchev–Trinajstić information content (AvgIpc) is 3.22. The number of nitrogens with one attached hydrogen (secondary N) is 2. The summed E-state index contributed by atoms with van der Waals surface area (Å²) in [6, 6.07) is 20.8. The number of halogens is 3. The highest BCUT2D eigenvalue weighted by molar-refractivity contribution is 6.43. The van der Waals surface area contributed by atoms with Crippen molar-refractivity contribution in [2.24, 2.45) is 20.5 Å². The quantitative estimate of drug-likeness (QED) is 0.0291. The molecule has 0 aliphatic carbocycles. The van der Waals surface area contributed by atoms with Gasteiger partial charge in [-0.3, -0.25) is 9.59 Å². The number of ether oxygens (including phenoxy) is 4. The summed E-state index contributed by atoms with van der Waals surface area (Å²) in [4.78, 5) is 47.3. The van der Waals surface area contributed by atoms with E-state index in [1.54, 1.807) is 36.4 Å². The molecular weight excluding hydrogens is 773 g/mol. The van der Waals surface area contributed by atoms with Crippen LogP contribution in [-0.4, -0.2) is 50.2 Å². The van der Waals surface area contributed by atoms with Crippen molar-refractivity contribution in [3.63, 3.8) is 0 Å². The van der Waals surface area contributed by atoms with E-state index in [9.17, 15) is 32.3 Å². The Bertz CT molecular complexity index is 2160. The summed E-state index contributed by atoms with van der Waals surface area (Å²) in [7, 11) is 0. The van der Waals surface area contributed by atoms with Crippen LogP contribution in [0, 0.1) is 6.92 Å². The van der Waals surface area contributed by atoms with Crippen molar-refractivity contribution in [3.8, 4) is 11.5 Å². The van der Waals surface area contributed by atoms with Crippen molar-refractivity contribution in [1.29, 1.82) is 0 Å². The lowest BCUT2D eigenvalue weighted by Crippen LogP contribution is -2.28. The molecule has 4 aromatic rings. The Morgan fingerprint density at radius 2 is 0.966 bits per heavy atom. The maximum absolute atomic E-state index is 13.8. The molecule has 0 aliphatic heterocycles. The number of azo groups is 2. The molecular formula is C42H41F3N6O8. The highest BCUT2D eigenvalue weighted by Crippen LogP contribution is 2.39. The first-order valence-electron chi connectivity index (χ1n) is 18.2. The van der Waals surface area contributed by atoms with Crippen molar-refractivity contribution in [2.75, 3.05) is 37.1 Å². The fourth-order valence-corrected chi connectivity index (χ4v) is 4.85. The molecule has 0 unspecified atom stereocenters. The molecule has 0 atom stereocenters. The van der Waals surface area contributed by atoms with Gasteiger partial charge in [-0.1, -0.05) is 13.2 Å². The molecule has 59 heavy (non-hydrogen) atoms. The molecule has 0 aliphatic rings. The summed E-state index contributed by atoms with van der Waals surface area (Å²) in [6.07, 6.45) is -0.464. The van der Waals surface area contributed by atoms with Gasteiger partial charge in [-0.05, 0) is 123 Å². The summed E-state index contributed by atoms with van der Waals surface area (Å²) >= 11 is 0. The second-order valence-electron chi connectivity index (χ2n) is 12.4. The first-order valence-corrected chi connectivity index (χ1v) is 18.2. The first kappa shape index (κ1) is 44.5. The zero-order chi connectivity index (χ0) is 42.6. The first-order chi connectivity index (χ1) is 28.3. The van der Waals surface area contributed by atoms with Crippen LogP contribution in [0.15, 0.2) is 131 Å². The molecule has 14 nitrogen and oxygen atoms in total. The smallest absolute Gasteiger partial charge is 0.420 e. The van der Waals surface area contributed by atoms with Gasteiger partial charge in [0, 0.05) is 23.5 Å². The van der Waals surface area contributed by atoms with Crippen molar-refractivity contribution < 1.29 is 51.3 Å². The predicted molar refractivity (Wildman–Crippen MR) is 213 cm³/mol.